The number of carbonyl (C=O) groups excluding carboxylic acids is 1. The molecule has 0 radical (unpaired) electrons. The lowest BCUT2D eigenvalue weighted by molar-refractivity contribution is -0.141. The Bertz CT molecular complexity index is 685. The molecule has 1 aromatic heterocycles. The number of ether oxygens (including phenoxy) is 1. The van der Waals surface area contributed by atoms with Gasteiger partial charge in [-0.25, -0.2) is 4.98 Å². The van der Waals surface area contributed by atoms with Crippen LogP contribution in [0.5, 0.6) is 0 Å². The SMILES string of the molecule is COC(=O)C[C@H](N)c1cc(-c2c(C)cccc2C)cc(Cl)n1.Cl. The Balaban J connectivity index is 0.00000264. The molecule has 0 saturated carbocycles. The Labute approximate surface area is 147 Å². The number of benzene rings is 1. The van der Waals surface area contributed by atoms with Gasteiger partial charge in [0.1, 0.15) is 5.15 Å². The molecule has 0 bridgehead atoms. The first-order valence-corrected chi connectivity index (χ1v) is 7.36. The number of aromatic nitrogens is 1. The predicted octanol–water partition coefficient (Wildman–Crippen LogP) is 4.00. The van der Waals surface area contributed by atoms with E-state index in [0.29, 0.717) is 10.8 Å². The molecule has 2 rings (SSSR count). The van der Waals surface area contributed by atoms with Crippen LogP contribution in [-0.2, 0) is 9.53 Å². The van der Waals surface area contributed by atoms with Gasteiger partial charge in [-0.05, 0) is 48.2 Å². The maximum Gasteiger partial charge on any atom is 0.307 e. The normalized spacial score (nSPS) is 11.5. The van der Waals surface area contributed by atoms with E-state index < -0.39 is 6.04 Å². The fourth-order valence-corrected chi connectivity index (χ4v) is 2.70. The highest BCUT2D eigenvalue weighted by molar-refractivity contribution is 6.29. The van der Waals surface area contributed by atoms with Crippen LogP contribution in [0.3, 0.4) is 0 Å². The summed E-state index contributed by atoms with van der Waals surface area (Å²) in [6.07, 6.45) is 0.0655. The van der Waals surface area contributed by atoms with E-state index in [1.165, 1.54) is 7.11 Å². The Hall–Kier alpha value is -1.62. The lowest BCUT2D eigenvalue weighted by atomic mass is 9.95. The van der Waals surface area contributed by atoms with Crippen molar-refractivity contribution in [2.24, 2.45) is 5.73 Å². The number of aryl methyl sites for hydroxylation is 2. The van der Waals surface area contributed by atoms with Crippen molar-refractivity contribution >= 4 is 30.0 Å². The van der Waals surface area contributed by atoms with Gasteiger partial charge in [-0.2, -0.15) is 0 Å². The van der Waals surface area contributed by atoms with Crippen molar-refractivity contribution in [3.8, 4) is 11.1 Å². The van der Waals surface area contributed by atoms with E-state index in [9.17, 15) is 4.79 Å². The molecule has 0 spiro atoms. The Morgan fingerprint density at radius 1 is 1.30 bits per heavy atom. The fourth-order valence-electron chi connectivity index (χ4n) is 2.49. The summed E-state index contributed by atoms with van der Waals surface area (Å²) in [6, 6.07) is 9.25. The quantitative estimate of drug-likeness (QED) is 0.665. The van der Waals surface area contributed by atoms with Gasteiger partial charge in [0.25, 0.3) is 0 Å². The van der Waals surface area contributed by atoms with Crippen molar-refractivity contribution in [2.75, 3.05) is 7.11 Å². The average molecular weight is 355 g/mol. The molecule has 0 saturated heterocycles. The van der Waals surface area contributed by atoms with Crippen LogP contribution < -0.4 is 5.73 Å². The molecule has 0 aliphatic carbocycles. The summed E-state index contributed by atoms with van der Waals surface area (Å²) in [5.41, 5.74) is 11.0. The van der Waals surface area contributed by atoms with E-state index in [4.69, 9.17) is 17.3 Å². The summed E-state index contributed by atoms with van der Waals surface area (Å²) in [5.74, 6) is -0.372. The first kappa shape index (κ1) is 19.4. The second kappa shape index (κ2) is 8.29. The maximum atomic E-state index is 11.4. The number of methoxy groups -OCH3 is 1. The summed E-state index contributed by atoms with van der Waals surface area (Å²) >= 11 is 6.14. The zero-order valence-corrected chi connectivity index (χ0v) is 14.9. The number of nitrogens with two attached hydrogens (primary N) is 1. The first-order valence-electron chi connectivity index (χ1n) is 6.99. The predicted molar refractivity (Wildman–Crippen MR) is 95.0 cm³/mol. The number of pyridine rings is 1. The third-order valence-electron chi connectivity index (χ3n) is 3.58. The number of nitrogens with zero attached hydrogens (tertiary/aromatic N) is 1. The van der Waals surface area contributed by atoms with E-state index in [-0.39, 0.29) is 24.8 Å². The number of hydrogen-bond donors (Lipinski definition) is 1. The number of hydrogen-bond acceptors (Lipinski definition) is 4. The lowest BCUT2D eigenvalue weighted by Gasteiger charge is -2.14. The lowest BCUT2D eigenvalue weighted by Crippen LogP contribution is -2.17. The van der Waals surface area contributed by atoms with Crippen molar-refractivity contribution in [1.29, 1.82) is 0 Å². The zero-order valence-electron chi connectivity index (χ0n) is 13.3. The van der Waals surface area contributed by atoms with Gasteiger partial charge in [0, 0.05) is 0 Å². The van der Waals surface area contributed by atoms with Gasteiger partial charge in [-0.15, -0.1) is 12.4 Å². The van der Waals surface area contributed by atoms with Crippen LogP contribution in [-0.4, -0.2) is 18.1 Å². The Kier molecular flexibility index (Phi) is 7.01. The van der Waals surface area contributed by atoms with Crippen molar-refractivity contribution < 1.29 is 9.53 Å². The maximum absolute atomic E-state index is 11.4. The molecule has 0 unspecified atom stereocenters. The minimum absolute atomic E-state index is 0. The summed E-state index contributed by atoms with van der Waals surface area (Å²) in [4.78, 5) is 15.6. The van der Waals surface area contributed by atoms with Crippen molar-refractivity contribution in [1.82, 2.24) is 4.98 Å². The van der Waals surface area contributed by atoms with Gasteiger partial charge < -0.3 is 10.5 Å². The largest absolute Gasteiger partial charge is 0.469 e. The van der Waals surface area contributed by atoms with Crippen molar-refractivity contribution in [3.05, 3.63) is 52.3 Å². The molecule has 1 aromatic carbocycles. The smallest absolute Gasteiger partial charge is 0.307 e. The van der Waals surface area contributed by atoms with Crippen LogP contribution in [0.25, 0.3) is 11.1 Å². The highest BCUT2D eigenvalue weighted by atomic mass is 35.5. The fraction of sp³-hybridized carbons (Fsp3) is 0.294. The van der Waals surface area contributed by atoms with Crippen LogP contribution in [0.4, 0.5) is 0 Å². The molecule has 4 nitrogen and oxygen atoms in total. The third-order valence-corrected chi connectivity index (χ3v) is 3.77. The van der Waals surface area contributed by atoms with Gasteiger partial charge in [0.05, 0.1) is 25.3 Å². The van der Waals surface area contributed by atoms with Gasteiger partial charge in [-0.3, -0.25) is 4.79 Å². The molecule has 2 aromatic rings. The monoisotopic (exact) mass is 354 g/mol. The highest BCUT2D eigenvalue weighted by Gasteiger charge is 2.16. The van der Waals surface area contributed by atoms with E-state index in [0.717, 1.165) is 22.3 Å². The third kappa shape index (κ3) is 4.67. The second-order valence-electron chi connectivity index (χ2n) is 5.26. The summed E-state index contributed by atoms with van der Waals surface area (Å²) in [6.45, 7) is 4.09. The summed E-state index contributed by atoms with van der Waals surface area (Å²) in [7, 11) is 1.34. The van der Waals surface area contributed by atoms with Gasteiger partial charge in [0.2, 0.25) is 0 Å². The molecule has 124 valence electrons. The molecule has 0 aliphatic heterocycles. The highest BCUT2D eigenvalue weighted by Crippen LogP contribution is 2.30. The molecule has 0 amide bonds. The molecule has 1 atom stereocenters. The first-order chi connectivity index (χ1) is 10.4. The number of esters is 1. The van der Waals surface area contributed by atoms with Gasteiger partial charge >= 0.3 is 5.97 Å². The standard InChI is InChI=1S/C17H19ClN2O2.ClH/c1-10-5-4-6-11(2)17(10)12-7-14(20-15(18)8-12)13(19)9-16(21)22-3;/h4-8,13H,9,19H2,1-3H3;1H/t13-;/m0./s1. The minimum Gasteiger partial charge on any atom is -0.469 e. The Morgan fingerprint density at radius 3 is 2.48 bits per heavy atom. The van der Waals surface area contributed by atoms with E-state index >= 15 is 0 Å². The van der Waals surface area contributed by atoms with Crippen LogP contribution in [0.15, 0.2) is 30.3 Å². The van der Waals surface area contributed by atoms with Crippen LogP contribution in [0.1, 0.15) is 29.3 Å². The number of halogens is 2. The van der Waals surface area contributed by atoms with Crippen LogP contribution >= 0.6 is 24.0 Å². The van der Waals surface area contributed by atoms with E-state index in [1.54, 1.807) is 0 Å². The van der Waals surface area contributed by atoms with E-state index in [2.05, 4.69) is 9.72 Å². The molecule has 6 heteroatoms. The Morgan fingerprint density at radius 2 is 1.91 bits per heavy atom. The molecular weight excluding hydrogens is 335 g/mol. The summed E-state index contributed by atoms with van der Waals surface area (Å²) in [5, 5.41) is 0.357. The number of rotatable bonds is 4. The minimum atomic E-state index is -0.547. The molecule has 0 aliphatic rings. The molecule has 2 N–H and O–H groups in total. The average Bonchev–Trinajstić information content (AvgIpc) is 2.46. The summed E-state index contributed by atoms with van der Waals surface area (Å²) < 4.78 is 4.65. The molecule has 23 heavy (non-hydrogen) atoms. The second-order valence-corrected chi connectivity index (χ2v) is 5.64. The van der Waals surface area contributed by atoms with Crippen molar-refractivity contribution in [2.45, 2.75) is 26.3 Å². The molecule has 0 fully saturated rings. The topological polar surface area (TPSA) is 65.2 Å². The van der Waals surface area contributed by atoms with E-state index in [1.807, 2.05) is 44.2 Å². The van der Waals surface area contributed by atoms with Gasteiger partial charge in [-0.1, -0.05) is 29.8 Å². The zero-order chi connectivity index (χ0) is 16.3. The molecule has 1 heterocycles. The van der Waals surface area contributed by atoms with Crippen LogP contribution in [0.2, 0.25) is 5.15 Å². The van der Waals surface area contributed by atoms with Crippen LogP contribution in [0, 0.1) is 13.8 Å². The molecular formula is C17H20Cl2N2O2. The van der Waals surface area contributed by atoms with Crippen molar-refractivity contribution in [3.63, 3.8) is 0 Å². The number of carbonyl (C=O) groups is 1. The van der Waals surface area contributed by atoms with Gasteiger partial charge in [0.15, 0.2) is 0 Å².